The van der Waals surface area contributed by atoms with Crippen LogP contribution in [0.5, 0.6) is 0 Å². The van der Waals surface area contributed by atoms with E-state index in [1.165, 1.54) is 19.3 Å². The first-order valence-electron chi connectivity index (χ1n) is 6.65. The van der Waals surface area contributed by atoms with Crippen molar-refractivity contribution in [1.82, 2.24) is 16.0 Å². The lowest BCUT2D eigenvalue weighted by Gasteiger charge is -2.25. The van der Waals surface area contributed by atoms with Crippen LogP contribution in [-0.4, -0.2) is 42.4 Å². The van der Waals surface area contributed by atoms with Gasteiger partial charge in [0.05, 0.1) is 5.60 Å². The molecule has 1 heterocycles. The van der Waals surface area contributed by atoms with E-state index in [-0.39, 0.29) is 6.03 Å². The van der Waals surface area contributed by atoms with Gasteiger partial charge in [-0.3, -0.25) is 0 Å². The van der Waals surface area contributed by atoms with Crippen LogP contribution in [0.4, 0.5) is 4.79 Å². The summed E-state index contributed by atoms with van der Waals surface area (Å²) < 4.78 is 0. The SMILES string of the molecule is O=C(NCC1(O)CCNC1)NC1CCCCC1. The summed E-state index contributed by atoms with van der Waals surface area (Å²) in [4.78, 5) is 11.7. The first-order valence-corrected chi connectivity index (χ1v) is 6.65. The van der Waals surface area contributed by atoms with E-state index >= 15 is 0 Å². The average Bonchev–Trinajstić information content (AvgIpc) is 2.76. The van der Waals surface area contributed by atoms with Gasteiger partial charge >= 0.3 is 6.03 Å². The van der Waals surface area contributed by atoms with E-state index in [0.29, 0.717) is 25.6 Å². The third-order valence-corrected chi connectivity index (χ3v) is 3.74. The van der Waals surface area contributed by atoms with Crippen LogP contribution >= 0.6 is 0 Å². The van der Waals surface area contributed by atoms with Gasteiger partial charge < -0.3 is 21.1 Å². The Morgan fingerprint density at radius 3 is 2.76 bits per heavy atom. The number of carbonyl (C=O) groups excluding carboxylic acids is 1. The summed E-state index contributed by atoms with van der Waals surface area (Å²) in [7, 11) is 0. The fourth-order valence-electron chi connectivity index (χ4n) is 2.61. The van der Waals surface area contributed by atoms with Crippen LogP contribution < -0.4 is 16.0 Å². The lowest BCUT2D eigenvalue weighted by atomic mass is 9.96. The molecular weight excluding hydrogens is 218 g/mol. The molecule has 0 aromatic heterocycles. The molecule has 0 bridgehead atoms. The number of nitrogens with one attached hydrogen (secondary N) is 3. The number of β-amino-alcohol motifs (C(OH)–C–C–N with tert-alkyl or cyclic N) is 1. The van der Waals surface area contributed by atoms with Crippen molar-refractivity contribution in [2.24, 2.45) is 0 Å². The van der Waals surface area contributed by atoms with Crippen LogP contribution in [-0.2, 0) is 0 Å². The summed E-state index contributed by atoms with van der Waals surface area (Å²) >= 11 is 0. The molecule has 0 radical (unpaired) electrons. The molecule has 0 aromatic carbocycles. The van der Waals surface area contributed by atoms with Gasteiger partial charge in [0.25, 0.3) is 0 Å². The molecule has 0 spiro atoms. The third-order valence-electron chi connectivity index (χ3n) is 3.74. The van der Waals surface area contributed by atoms with Crippen LogP contribution in [0.3, 0.4) is 0 Å². The number of hydrogen-bond acceptors (Lipinski definition) is 3. The van der Waals surface area contributed by atoms with Gasteiger partial charge in [-0.15, -0.1) is 0 Å². The highest BCUT2D eigenvalue weighted by Gasteiger charge is 2.31. The van der Waals surface area contributed by atoms with E-state index in [1.54, 1.807) is 0 Å². The van der Waals surface area contributed by atoms with Gasteiger partial charge in [-0.25, -0.2) is 4.79 Å². The molecule has 98 valence electrons. The van der Waals surface area contributed by atoms with E-state index in [9.17, 15) is 9.90 Å². The molecule has 1 saturated heterocycles. The van der Waals surface area contributed by atoms with E-state index in [1.807, 2.05) is 0 Å². The number of carbonyl (C=O) groups is 1. The van der Waals surface area contributed by atoms with E-state index in [0.717, 1.165) is 19.4 Å². The Bertz CT molecular complexity index is 258. The van der Waals surface area contributed by atoms with E-state index < -0.39 is 5.60 Å². The van der Waals surface area contributed by atoms with Crippen molar-refractivity contribution in [2.45, 2.75) is 50.2 Å². The Labute approximate surface area is 102 Å². The zero-order valence-corrected chi connectivity index (χ0v) is 10.3. The van der Waals surface area contributed by atoms with Crippen molar-refractivity contribution in [2.75, 3.05) is 19.6 Å². The Morgan fingerprint density at radius 1 is 1.35 bits per heavy atom. The number of aliphatic hydroxyl groups is 1. The Kier molecular flexibility index (Phi) is 4.23. The zero-order valence-electron chi connectivity index (χ0n) is 10.3. The normalized spacial score (nSPS) is 30.2. The molecule has 5 heteroatoms. The summed E-state index contributed by atoms with van der Waals surface area (Å²) in [6.45, 7) is 1.72. The van der Waals surface area contributed by atoms with Crippen molar-refractivity contribution >= 4 is 6.03 Å². The van der Waals surface area contributed by atoms with E-state index in [4.69, 9.17) is 0 Å². The van der Waals surface area contributed by atoms with Gasteiger partial charge in [-0.05, 0) is 25.8 Å². The van der Waals surface area contributed by atoms with Crippen LogP contribution in [0.15, 0.2) is 0 Å². The molecule has 0 aromatic rings. The molecule has 17 heavy (non-hydrogen) atoms. The summed E-state index contributed by atoms with van der Waals surface area (Å²) in [5, 5.41) is 18.9. The predicted molar refractivity (Wildman–Crippen MR) is 65.8 cm³/mol. The van der Waals surface area contributed by atoms with Crippen molar-refractivity contribution in [3.63, 3.8) is 0 Å². The number of urea groups is 1. The molecule has 1 aliphatic heterocycles. The number of rotatable bonds is 3. The summed E-state index contributed by atoms with van der Waals surface area (Å²) in [6, 6.07) is 0.178. The molecule has 2 fully saturated rings. The topological polar surface area (TPSA) is 73.4 Å². The molecule has 4 N–H and O–H groups in total. The smallest absolute Gasteiger partial charge is 0.315 e. The largest absolute Gasteiger partial charge is 0.387 e. The second-order valence-corrected chi connectivity index (χ2v) is 5.31. The van der Waals surface area contributed by atoms with Gasteiger partial charge in [-0.2, -0.15) is 0 Å². The van der Waals surface area contributed by atoms with Crippen LogP contribution in [0.1, 0.15) is 38.5 Å². The van der Waals surface area contributed by atoms with Gasteiger partial charge in [0.1, 0.15) is 0 Å². The van der Waals surface area contributed by atoms with Gasteiger partial charge in [0.2, 0.25) is 0 Å². The van der Waals surface area contributed by atoms with Crippen molar-refractivity contribution in [3.8, 4) is 0 Å². The van der Waals surface area contributed by atoms with Crippen molar-refractivity contribution in [1.29, 1.82) is 0 Å². The quantitative estimate of drug-likeness (QED) is 0.576. The molecule has 1 atom stereocenters. The minimum atomic E-state index is -0.760. The van der Waals surface area contributed by atoms with Crippen LogP contribution in [0, 0.1) is 0 Å². The second-order valence-electron chi connectivity index (χ2n) is 5.31. The molecule has 1 unspecified atom stereocenters. The molecule has 1 aliphatic carbocycles. The Balaban J connectivity index is 1.66. The standard InChI is InChI=1S/C12H23N3O2/c16-11(15-10-4-2-1-3-5-10)14-9-12(17)6-7-13-8-12/h10,13,17H,1-9H2,(H2,14,15,16). The van der Waals surface area contributed by atoms with E-state index in [2.05, 4.69) is 16.0 Å². The molecule has 5 nitrogen and oxygen atoms in total. The maximum Gasteiger partial charge on any atom is 0.315 e. The maximum absolute atomic E-state index is 11.7. The monoisotopic (exact) mass is 241 g/mol. The minimum Gasteiger partial charge on any atom is -0.387 e. The number of amides is 2. The molecule has 1 saturated carbocycles. The predicted octanol–water partition coefficient (Wildman–Crippen LogP) is 0.343. The third kappa shape index (κ3) is 3.85. The van der Waals surface area contributed by atoms with Gasteiger partial charge in [-0.1, -0.05) is 19.3 Å². The van der Waals surface area contributed by atoms with Crippen molar-refractivity contribution < 1.29 is 9.90 Å². The Hall–Kier alpha value is -0.810. The highest BCUT2D eigenvalue weighted by Crippen LogP contribution is 2.17. The summed E-state index contributed by atoms with van der Waals surface area (Å²) in [6.07, 6.45) is 6.57. The highest BCUT2D eigenvalue weighted by atomic mass is 16.3. The first-order chi connectivity index (χ1) is 8.18. The second kappa shape index (κ2) is 5.69. The maximum atomic E-state index is 11.7. The van der Waals surface area contributed by atoms with Gasteiger partial charge in [0, 0.05) is 19.1 Å². The molecular formula is C12H23N3O2. The lowest BCUT2D eigenvalue weighted by Crippen LogP contribution is -2.49. The number of hydrogen-bond donors (Lipinski definition) is 4. The fraction of sp³-hybridized carbons (Fsp3) is 0.917. The van der Waals surface area contributed by atoms with Crippen LogP contribution in [0.25, 0.3) is 0 Å². The van der Waals surface area contributed by atoms with Crippen LogP contribution in [0.2, 0.25) is 0 Å². The molecule has 2 aliphatic rings. The Morgan fingerprint density at radius 2 is 2.12 bits per heavy atom. The summed E-state index contributed by atoms with van der Waals surface area (Å²) in [5.74, 6) is 0. The average molecular weight is 241 g/mol. The first kappa shape index (κ1) is 12.6. The fourth-order valence-corrected chi connectivity index (χ4v) is 2.61. The lowest BCUT2D eigenvalue weighted by molar-refractivity contribution is 0.0632. The highest BCUT2D eigenvalue weighted by molar-refractivity contribution is 5.74. The molecule has 2 amide bonds. The van der Waals surface area contributed by atoms with Gasteiger partial charge in [0.15, 0.2) is 0 Å². The minimum absolute atomic E-state index is 0.141. The zero-order chi connectivity index (χ0) is 12.1. The van der Waals surface area contributed by atoms with Crippen molar-refractivity contribution in [3.05, 3.63) is 0 Å². The summed E-state index contributed by atoms with van der Waals surface area (Å²) in [5.41, 5.74) is -0.760. The molecule has 2 rings (SSSR count).